The van der Waals surface area contributed by atoms with Gasteiger partial charge in [0.15, 0.2) is 0 Å². The molecule has 8 heteroatoms. The monoisotopic (exact) mass is 466 g/mol. The van der Waals surface area contributed by atoms with Crippen LogP contribution in [0, 0.1) is 11.3 Å². The van der Waals surface area contributed by atoms with Crippen molar-refractivity contribution >= 4 is 46.8 Å². The Bertz CT molecular complexity index is 1210. The van der Waals surface area contributed by atoms with Gasteiger partial charge in [0.1, 0.15) is 23.1 Å². The molecule has 1 amide bonds. The summed E-state index contributed by atoms with van der Waals surface area (Å²) in [5, 5.41) is 12.6. The molecule has 0 fully saturated rings. The molecule has 0 unspecified atom stereocenters. The summed E-state index contributed by atoms with van der Waals surface area (Å²) in [5.41, 5.74) is 1.25. The largest absolute Gasteiger partial charge is 0.497 e. The van der Waals surface area contributed by atoms with E-state index in [2.05, 4.69) is 5.32 Å². The van der Waals surface area contributed by atoms with Gasteiger partial charge >= 0.3 is 5.97 Å². The Hall–Kier alpha value is -3.79. The Balaban J connectivity index is 1.67. The molecule has 3 rings (SSSR count). The minimum atomic E-state index is -0.596. The minimum absolute atomic E-state index is 0.112. The Kier molecular flexibility index (Phi) is 7.50. The number of halogens is 2. The van der Waals surface area contributed by atoms with Crippen LogP contribution in [0.2, 0.25) is 10.0 Å². The lowest BCUT2D eigenvalue weighted by Crippen LogP contribution is -2.13. The molecular formula is C24H16Cl2N2O4. The molecule has 0 aliphatic heterocycles. The second kappa shape index (κ2) is 10.5. The smallest absolute Gasteiger partial charge is 0.343 e. The van der Waals surface area contributed by atoms with Crippen molar-refractivity contribution in [3.8, 4) is 17.6 Å². The van der Waals surface area contributed by atoms with Gasteiger partial charge in [0, 0.05) is 5.69 Å². The van der Waals surface area contributed by atoms with Crippen molar-refractivity contribution in [2.45, 2.75) is 0 Å². The molecule has 0 spiro atoms. The van der Waals surface area contributed by atoms with Gasteiger partial charge in [-0.3, -0.25) is 4.79 Å². The molecule has 0 aliphatic carbocycles. The van der Waals surface area contributed by atoms with Crippen molar-refractivity contribution in [2.24, 2.45) is 0 Å². The number of amides is 1. The van der Waals surface area contributed by atoms with Crippen LogP contribution in [0.5, 0.6) is 11.5 Å². The Morgan fingerprint density at radius 3 is 2.19 bits per heavy atom. The van der Waals surface area contributed by atoms with Crippen LogP contribution in [0.25, 0.3) is 6.08 Å². The molecule has 0 radical (unpaired) electrons. The highest BCUT2D eigenvalue weighted by Crippen LogP contribution is 2.25. The molecule has 0 saturated heterocycles. The highest BCUT2D eigenvalue weighted by molar-refractivity contribution is 6.42. The van der Waals surface area contributed by atoms with E-state index in [1.807, 2.05) is 6.07 Å². The second-order valence-corrected chi connectivity index (χ2v) is 7.25. The summed E-state index contributed by atoms with van der Waals surface area (Å²) in [6, 6.07) is 19.4. The zero-order chi connectivity index (χ0) is 23.1. The molecule has 6 nitrogen and oxygen atoms in total. The quantitative estimate of drug-likeness (QED) is 0.215. The number of nitrogens with zero attached hydrogens (tertiary/aromatic N) is 1. The van der Waals surface area contributed by atoms with Crippen molar-refractivity contribution in [3.63, 3.8) is 0 Å². The number of hydrogen-bond donors (Lipinski definition) is 1. The molecule has 3 aromatic carbocycles. The molecule has 0 aliphatic rings. The average Bonchev–Trinajstić information content (AvgIpc) is 2.81. The van der Waals surface area contributed by atoms with E-state index >= 15 is 0 Å². The number of nitrogens with one attached hydrogen (secondary N) is 1. The van der Waals surface area contributed by atoms with Crippen molar-refractivity contribution in [2.75, 3.05) is 12.4 Å². The first-order valence-corrected chi connectivity index (χ1v) is 9.99. The van der Waals surface area contributed by atoms with Gasteiger partial charge in [-0.15, -0.1) is 0 Å². The Morgan fingerprint density at radius 2 is 1.59 bits per heavy atom. The van der Waals surface area contributed by atoms with E-state index in [0.717, 1.165) is 0 Å². The van der Waals surface area contributed by atoms with Crippen LogP contribution in [0.1, 0.15) is 15.9 Å². The molecule has 0 atom stereocenters. The van der Waals surface area contributed by atoms with Crippen LogP contribution in [0.3, 0.4) is 0 Å². The van der Waals surface area contributed by atoms with E-state index < -0.39 is 11.9 Å². The molecule has 3 aromatic rings. The highest BCUT2D eigenvalue weighted by atomic mass is 35.5. The predicted octanol–water partition coefficient (Wildman–Crippen LogP) is 5.77. The van der Waals surface area contributed by atoms with E-state index in [1.165, 1.54) is 19.3 Å². The molecule has 0 bridgehead atoms. The summed E-state index contributed by atoms with van der Waals surface area (Å²) < 4.78 is 10.4. The number of benzene rings is 3. The summed E-state index contributed by atoms with van der Waals surface area (Å²) in [4.78, 5) is 24.6. The van der Waals surface area contributed by atoms with Crippen LogP contribution < -0.4 is 14.8 Å². The molecule has 1 N–H and O–H groups in total. The van der Waals surface area contributed by atoms with E-state index in [9.17, 15) is 14.9 Å². The molecule has 160 valence electrons. The van der Waals surface area contributed by atoms with Crippen molar-refractivity contribution in [3.05, 3.63) is 93.5 Å². The zero-order valence-corrected chi connectivity index (χ0v) is 18.3. The van der Waals surface area contributed by atoms with Gasteiger partial charge in [0.05, 0.1) is 22.7 Å². The minimum Gasteiger partial charge on any atom is -0.497 e. The van der Waals surface area contributed by atoms with Crippen LogP contribution in [0.15, 0.2) is 72.3 Å². The third-order valence-electron chi connectivity index (χ3n) is 4.27. The number of anilines is 1. The zero-order valence-electron chi connectivity index (χ0n) is 16.8. The van der Waals surface area contributed by atoms with Gasteiger partial charge in [0.25, 0.3) is 5.91 Å². The highest BCUT2D eigenvalue weighted by Gasteiger charge is 2.12. The molecule has 0 aromatic heterocycles. The first-order valence-electron chi connectivity index (χ1n) is 9.24. The third-order valence-corrected chi connectivity index (χ3v) is 5.01. The van der Waals surface area contributed by atoms with Gasteiger partial charge in [-0.1, -0.05) is 35.3 Å². The third kappa shape index (κ3) is 5.88. The van der Waals surface area contributed by atoms with Gasteiger partial charge in [-0.25, -0.2) is 4.79 Å². The van der Waals surface area contributed by atoms with E-state index in [1.54, 1.807) is 60.7 Å². The fraction of sp³-hybridized carbons (Fsp3) is 0.0417. The Labute approximate surface area is 194 Å². The van der Waals surface area contributed by atoms with Crippen molar-refractivity contribution < 1.29 is 19.1 Å². The molecular weight excluding hydrogens is 451 g/mol. The van der Waals surface area contributed by atoms with Crippen LogP contribution >= 0.6 is 23.2 Å². The topological polar surface area (TPSA) is 88.4 Å². The van der Waals surface area contributed by atoms with Gasteiger partial charge < -0.3 is 14.8 Å². The van der Waals surface area contributed by atoms with E-state index in [4.69, 9.17) is 32.7 Å². The number of esters is 1. The lowest BCUT2D eigenvalue weighted by molar-refractivity contribution is -0.112. The standard InChI is InChI=1S/C24H16Cl2N2O4/c1-31-19-9-4-16(5-10-19)24(30)32-20-7-2-15(3-8-20)12-17(14-27)23(29)28-18-6-11-21(25)22(26)13-18/h2-13H,1H3,(H,28,29)/b17-12-. The first kappa shape index (κ1) is 22.9. The number of nitriles is 1. The lowest BCUT2D eigenvalue weighted by atomic mass is 10.1. The van der Waals surface area contributed by atoms with Gasteiger partial charge in [-0.2, -0.15) is 5.26 Å². The van der Waals surface area contributed by atoms with Gasteiger partial charge in [-0.05, 0) is 66.2 Å². The summed E-state index contributed by atoms with van der Waals surface area (Å²) >= 11 is 11.8. The Morgan fingerprint density at radius 1 is 0.938 bits per heavy atom. The molecule has 0 heterocycles. The summed E-state index contributed by atoms with van der Waals surface area (Å²) in [6.07, 6.45) is 1.42. The number of ether oxygens (including phenoxy) is 2. The summed E-state index contributed by atoms with van der Waals surface area (Å²) in [6.45, 7) is 0. The number of hydrogen-bond acceptors (Lipinski definition) is 5. The van der Waals surface area contributed by atoms with Crippen LogP contribution in [-0.2, 0) is 4.79 Å². The maximum absolute atomic E-state index is 12.4. The molecule has 0 saturated carbocycles. The number of rotatable bonds is 6. The maximum atomic E-state index is 12.4. The van der Waals surface area contributed by atoms with Crippen molar-refractivity contribution in [1.82, 2.24) is 0 Å². The predicted molar refractivity (Wildman–Crippen MR) is 123 cm³/mol. The number of carbonyl (C=O) groups excluding carboxylic acids is 2. The molecule has 32 heavy (non-hydrogen) atoms. The summed E-state index contributed by atoms with van der Waals surface area (Å²) in [5.74, 6) is -0.161. The fourth-order valence-corrected chi connectivity index (χ4v) is 2.91. The second-order valence-electron chi connectivity index (χ2n) is 6.44. The van der Waals surface area contributed by atoms with E-state index in [0.29, 0.717) is 33.3 Å². The normalized spacial score (nSPS) is 10.8. The maximum Gasteiger partial charge on any atom is 0.343 e. The van der Waals surface area contributed by atoms with E-state index in [-0.39, 0.29) is 10.6 Å². The SMILES string of the molecule is COc1ccc(C(=O)Oc2ccc(/C=C(/C#N)C(=O)Nc3ccc(Cl)c(Cl)c3)cc2)cc1. The van der Waals surface area contributed by atoms with Gasteiger partial charge in [0.2, 0.25) is 0 Å². The number of carbonyl (C=O) groups is 2. The first-order chi connectivity index (χ1) is 15.4. The number of methoxy groups -OCH3 is 1. The lowest BCUT2D eigenvalue weighted by Gasteiger charge is -2.07. The van der Waals surface area contributed by atoms with Crippen molar-refractivity contribution in [1.29, 1.82) is 5.26 Å². The average molecular weight is 467 g/mol. The van der Waals surface area contributed by atoms with Crippen LogP contribution in [0.4, 0.5) is 5.69 Å². The fourth-order valence-electron chi connectivity index (χ4n) is 2.61. The van der Waals surface area contributed by atoms with Crippen LogP contribution in [-0.4, -0.2) is 19.0 Å². The summed E-state index contributed by atoms with van der Waals surface area (Å²) in [7, 11) is 1.54.